The van der Waals surface area contributed by atoms with Crippen LogP contribution in [0.5, 0.6) is 0 Å². The minimum absolute atomic E-state index is 0.141. The second kappa shape index (κ2) is 6.95. The Balaban J connectivity index is 1.62. The lowest BCUT2D eigenvalue weighted by Gasteiger charge is -2.33. The molecule has 4 nitrogen and oxygen atoms in total. The van der Waals surface area contributed by atoms with Gasteiger partial charge in [0.25, 0.3) is 5.91 Å². The summed E-state index contributed by atoms with van der Waals surface area (Å²) in [7, 11) is 0. The molecule has 1 atom stereocenters. The van der Waals surface area contributed by atoms with Gasteiger partial charge in [-0.15, -0.1) is 11.8 Å². The van der Waals surface area contributed by atoms with Crippen LogP contribution in [0.25, 0.3) is 0 Å². The summed E-state index contributed by atoms with van der Waals surface area (Å²) in [4.78, 5) is 28.6. The Labute approximate surface area is 176 Å². The van der Waals surface area contributed by atoms with E-state index in [-0.39, 0.29) is 29.9 Å². The molecule has 150 valence electrons. The molecule has 7 heteroatoms. The van der Waals surface area contributed by atoms with Gasteiger partial charge in [0.1, 0.15) is 11.6 Å². The molecule has 1 spiro atoms. The van der Waals surface area contributed by atoms with Crippen LogP contribution in [0, 0.1) is 11.6 Å². The molecule has 3 aromatic rings. The first-order valence-electron chi connectivity index (χ1n) is 9.39. The molecule has 5 rings (SSSR count). The lowest BCUT2D eigenvalue weighted by atomic mass is 10.0. The zero-order valence-corrected chi connectivity index (χ0v) is 16.5. The van der Waals surface area contributed by atoms with Gasteiger partial charge in [-0.1, -0.05) is 30.3 Å². The number of hydrogen-bond acceptors (Lipinski definition) is 3. The Bertz CT molecular complexity index is 1150. The third kappa shape index (κ3) is 2.73. The Morgan fingerprint density at radius 1 is 0.867 bits per heavy atom. The maximum Gasteiger partial charge on any atom is 0.269 e. The van der Waals surface area contributed by atoms with Crippen molar-refractivity contribution in [1.82, 2.24) is 0 Å². The molecule has 2 heterocycles. The molecule has 0 N–H and O–H groups in total. The molecule has 0 saturated carbocycles. The van der Waals surface area contributed by atoms with E-state index in [2.05, 4.69) is 0 Å². The van der Waals surface area contributed by atoms with Crippen LogP contribution in [0.4, 0.5) is 20.2 Å². The molecule has 3 aromatic carbocycles. The zero-order chi connectivity index (χ0) is 20.9. The predicted octanol–water partition coefficient (Wildman–Crippen LogP) is 4.44. The van der Waals surface area contributed by atoms with E-state index in [0.29, 0.717) is 11.4 Å². The average Bonchev–Trinajstić information content (AvgIpc) is 3.22. The van der Waals surface area contributed by atoms with E-state index in [1.54, 1.807) is 17.0 Å². The maximum absolute atomic E-state index is 13.8. The lowest BCUT2D eigenvalue weighted by molar-refractivity contribution is -0.123. The van der Waals surface area contributed by atoms with E-state index >= 15 is 0 Å². The topological polar surface area (TPSA) is 40.6 Å². The quantitative estimate of drug-likeness (QED) is 0.627. The molecule has 30 heavy (non-hydrogen) atoms. The zero-order valence-electron chi connectivity index (χ0n) is 15.7. The summed E-state index contributed by atoms with van der Waals surface area (Å²) in [6.07, 6.45) is 0. The summed E-state index contributed by atoms with van der Waals surface area (Å²) in [6.45, 7) is 0.254. The summed E-state index contributed by atoms with van der Waals surface area (Å²) in [5.41, 5.74) is 2.68. The van der Waals surface area contributed by atoms with Crippen molar-refractivity contribution in [3.63, 3.8) is 0 Å². The highest BCUT2D eigenvalue weighted by atomic mass is 32.2. The number of anilines is 2. The van der Waals surface area contributed by atoms with Crippen LogP contribution in [0.3, 0.4) is 0 Å². The molecule has 2 aliphatic rings. The molecule has 1 saturated heterocycles. The first kappa shape index (κ1) is 18.8. The van der Waals surface area contributed by atoms with Crippen molar-refractivity contribution in [2.24, 2.45) is 0 Å². The van der Waals surface area contributed by atoms with Gasteiger partial charge in [-0.25, -0.2) is 8.78 Å². The van der Waals surface area contributed by atoms with Crippen molar-refractivity contribution in [2.45, 2.75) is 11.4 Å². The summed E-state index contributed by atoms with van der Waals surface area (Å²) in [5, 5.41) is 0. The molecule has 0 bridgehead atoms. The number of benzene rings is 3. The third-order valence-electron chi connectivity index (χ3n) is 5.40. The number of rotatable bonds is 3. The smallest absolute Gasteiger partial charge is 0.269 e. The van der Waals surface area contributed by atoms with Crippen LogP contribution < -0.4 is 9.80 Å². The highest BCUT2D eigenvalue weighted by Gasteiger charge is 2.60. The molecule has 1 fully saturated rings. The normalized spacial score (nSPS) is 20.3. The number of amides is 2. The molecule has 0 unspecified atom stereocenters. The van der Waals surface area contributed by atoms with Gasteiger partial charge in [-0.2, -0.15) is 0 Å². The van der Waals surface area contributed by atoms with E-state index in [0.717, 1.165) is 11.1 Å². The van der Waals surface area contributed by atoms with Crippen molar-refractivity contribution in [3.8, 4) is 0 Å². The van der Waals surface area contributed by atoms with Crippen LogP contribution >= 0.6 is 11.8 Å². The molecular formula is C23H16F2N2O2S. The van der Waals surface area contributed by atoms with Crippen molar-refractivity contribution < 1.29 is 18.4 Å². The Hall–Kier alpha value is -3.19. The average molecular weight is 422 g/mol. The van der Waals surface area contributed by atoms with Gasteiger partial charge in [-0.05, 0) is 48.0 Å². The molecule has 0 aliphatic carbocycles. The maximum atomic E-state index is 13.8. The van der Waals surface area contributed by atoms with Crippen LogP contribution in [0.15, 0.2) is 72.8 Å². The van der Waals surface area contributed by atoms with Gasteiger partial charge in [-0.3, -0.25) is 14.5 Å². The Morgan fingerprint density at radius 2 is 1.50 bits per heavy atom. The number of nitrogens with zero attached hydrogens (tertiary/aromatic N) is 2. The van der Waals surface area contributed by atoms with E-state index < -0.39 is 10.7 Å². The summed E-state index contributed by atoms with van der Waals surface area (Å²) < 4.78 is 26.8. The predicted molar refractivity (Wildman–Crippen MR) is 112 cm³/mol. The highest BCUT2D eigenvalue weighted by molar-refractivity contribution is 8.02. The molecular weight excluding hydrogens is 406 g/mol. The Morgan fingerprint density at radius 3 is 2.20 bits per heavy atom. The summed E-state index contributed by atoms with van der Waals surface area (Å²) in [6, 6.07) is 18.9. The SMILES string of the molecule is O=C1CS[C@@]2(C(=O)N(Cc3ccc(F)cc3)c3ccccc32)N1c1ccc(F)cc1. The second-order valence-corrected chi connectivity index (χ2v) is 8.34. The monoisotopic (exact) mass is 422 g/mol. The molecule has 2 amide bonds. The molecule has 0 aromatic heterocycles. The van der Waals surface area contributed by atoms with Crippen LogP contribution in [0.2, 0.25) is 0 Å². The molecule has 2 aliphatic heterocycles. The van der Waals surface area contributed by atoms with Crippen LogP contribution in [-0.2, 0) is 21.0 Å². The van der Waals surface area contributed by atoms with Gasteiger partial charge in [0, 0.05) is 11.3 Å². The van der Waals surface area contributed by atoms with E-state index in [9.17, 15) is 18.4 Å². The first-order valence-corrected chi connectivity index (χ1v) is 10.4. The van der Waals surface area contributed by atoms with Gasteiger partial charge in [0.15, 0.2) is 0 Å². The van der Waals surface area contributed by atoms with E-state index in [1.807, 2.05) is 24.3 Å². The standard InChI is InChI=1S/C23H16F2N2O2S/c24-16-7-5-15(6-8-16)13-26-20-4-2-1-3-19(20)23(22(26)29)27(21(28)14-30-23)18-11-9-17(25)10-12-18/h1-12H,13-14H2/t23-/m0/s1. The van der Waals surface area contributed by atoms with Crippen molar-refractivity contribution in [1.29, 1.82) is 0 Å². The number of hydrogen-bond donors (Lipinski definition) is 0. The number of carbonyl (C=O) groups excluding carboxylic acids is 2. The highest BCUT2D eigenvalue weighted by Crippen LogP contribution is 2.55. The first-order chi connectivity index (χ1) is 14.5. The van der Waals surface area contributed by atoms with Gasteiger partial charge >= 0.3 is 0 Å². The second-order valence-electron chi connectivity index (χ2n) is 7.17. The summed E-state index contributed by atoms with van der Waals surface area (Å²) >= 11 is 1.27. The fraction of sp³-hybridized carbons (Fsp3) is 0.130. The van der Waals surface area contributed by atoms with Crippen molar-refractivity contribution >= 4 is 35.0 Å². The van der Waals surface area contributed by atoms with E-state index in [1.165, 1.54) is 53.1 Å². The number of para-hydroxylation sites is 1. The number of carbonyl (C=O) groups is 2. The fourth-order valence-corrected chi connectivity index (χ4v) is 5.43. The largest absolute Gasteiger partial charge is 0.304 e. The van der Waals surface area contributed by atoms with Gasteiger partial charge < -0.3 is 4.90 Å². The summed E-state index contributed by atoms with van der Waals surface area (Å²) in [5.74, 6) is -1.07. The number of fused-ring (bicyclic) bond motifs is 2. The molecule has 0 radical (unpaired) electrons. The van der Waals surface area contributed by atoms with Crippen molar-refractivity contribution in [3.05, 3.63) is 95.6 Å². The van der Waals surface area contributed by atoms with Gasteiger partial charge in [0.2, 0.25) is 10.8 Å². The fourth-order valence-electron chi connectivity index (χ4n) is 4.07. The minimum atomic E-state index is -1.24. The van der Waals surface area contributed by atoms with Crippen LogP contribution in [-0.4, -0.2) is 17.6 Å². The third-order valence-corrected chi connectivity index (χ3v) is 6.79. The lowest BCUT2D eigenvalue weighted by Crippen LogP contribution is -2.49. The Kier molecular flexibility index (Phi) is 4.36. The number of halogens is 2. The van der Waals surface area contributed by atoms with Crippen molar-refractivity contribution in [2.75, 3.05) is 15.6 Å². The van der Waals surface area contributed by atoms with Crippen LogP contribution in [0.1, 0.15) is 11.1 Å². The minimum Gasteiger partial charge on any atom is -0.304 e. The van der Waals surface area contributed by atoms with E-state index in [4.69, 9.17) is 0 Å². The van der Waals surface area contributed by atoms with Gasteiger partial charge in [0.05, 0.1) is 18.0 Å². The number of thioether (sulfide) groups is 1.